The van der Waals surface area contributed by atoms with Gasteiger partial charge in [0.15, 0.2) is 0 Å². The fraction of sp³-hybridized carbons (Fsp3) is 0.350. The number of hydrogen-bond donors (Lipinski definition) is 1. The van der Waals surface area contributed by atoms with Gasteiger partial charge in [-0.25, -0.2) is 8.42 Å². The van der Waals surface area contributed by atoms with Crippen LogP contribution in [0.5, 0.6) is 17.2 Å². The lowest BCUT2D eigenvalue weighted by atomic mass is 10.1. The van der Waals surface area contributed by atoms with Crippen molar-refractivity contribution in [3.63, 3.8) is 0 Å². The summed E-state index contributed by atoms with van der Waals surface area (Å²) in [6, 6.07) is 11.4. The Kier molecular flexibility index (Phi) is 7.33. The average Bonchev–Trinajstić information content (AvgIpc) is 2.70. The maximum absolute atomic E-state index is 12.6. The molecule has 0 spiro atoms. The number of anilines is 1. The lowest BCUT2D eigenvalue weighted by molar-refractivity contribution is -0.120. The zero-order chi connectivity index (χ0) is 21.6. The summed E-state index contributed by atoms with van der Waals surface area (Å²) in [7, 11) is 0.881. The number of sulfonamides is 1. The molecule has 0 radical (unpaired) electrons. The summed E-state index contributed by atoms with van der Waals surface area (Å²) in [5, 5.41) is 2.81. The maximum atomic E-state index is 12.6. The standard InChI is InChI=1S/C20H26N2O6S/c1-14(18-12-17(27-3)9-10-19(18)28-4)21-20(23)13-22(29(5,24)25)15-7-6-8-16(11-15)26-2/h6-12,14H,13H2,1-5H3,(H,21,23)/t14-/m1/s1. The van der Waals surface area contributed by atoms with Crippen molar-refractivity contribution >= 4 is 21.6 Å². The Morgan fingerprint density at radius 2 is 1.69 bits per heavy atom. The van der Waals surface area contributed by atoms with Crippen molar-refractivity contribution in [1.82, 2.24) is 5.32 Å². The van der Waals surface area contributed by atoms with E-state index in [2.05, 4.69) is 5.32 Å². The van der Waals surface area contributed by atoms with Gasteiger partial charge in [-0.1, -0.05) is 6.07 Å². The number of rotatable bonds is 9. The SMILES string of the molecule is COc1cccc(N(CC(=O)N[C@H](C)c2cc(OC)ccc2OC)S(C)(=O)=O)c1. The van der Waals surface area contributed by atoms with E-state index in [-0.39, 0.29) is 6.54 Å². The van der Waals surface area contributed by atoms with Crippen molar-refractivity contribution < 1.29 is 27.4 Å². The highest BCUT2D eigenvalue weighted by atomic mass is 32.2. The van der Waals surface area contributed by atoms with Crippen LogP contribution >= 0.6 is 0 Å². The molecule has 2 rings (SSSR count). The molecule has 1 atom stereocenters. The minimum atomic E-state index is -3.69. The van der Waals surface area contributed by atoms with Gasteiger partial charge in [0, 0.05) is 11.6 Å². The number of amides is 1. The van der Waals surface area contributed by atoms with Crippen LogP contribution in [0.1, 0.15) is 18.5 Å². The van der Waals surface area contributed by atoms with E-state index in [1.807, 2.05) is 0 Å². The average molecular weight is 423 g/mol. The third kappa shape index (κ3) is 5.77. The second-order valence-corrected chi connectivity index (χ2v) is 8.28. The van der Waals surface area contributed by atoms with Crippen molar-refractivity contribution in [1.29, 1.82) is 0 Å². The van der Waals surface area contributed by atoms with Crippen LogP contribution in [0.2, 0.25) is 0 Å². The first-order valence-electron chi connectivity index (χ1n) is 8.82. The van der Waals surface area contributed by atoms with E-state index in [0.717, 1.165) is 10.6 Å². The minimum Gasteiger partial charge on any atom is -0.497 e. The van der Waals surface area contributed by atoms with Crippen molar-refractivity contribution in [3.8, 4) is 17.2 Å². The van der Waals surface area contributed by atoms with E-state index < -0.39 is 22.0 Å². The Morgan fingerprint density at radius 1 is 1.03 bits per heavy atom. The number of ether oxygens (including phenoxy) is 3. The molecule has 0 saturated carbocycles. The monoisotopic (exact) mass is 422 g/mol. The van der Waals surface area contributed by atoms with Gasteiger partial charge in [0.1, 0.15) is 23.8 Å². The van der Waals surface area contributed by atoms with Gasteiger partial charge in [0.05, 0.1) is 39.3 Å². The number of carbonyl (C=O) groups excluding carboxylic acids is 1. The van der Waals surface area contributed by atoms with Gasteiger partial charge in [-0.2, -0.15) is 0 Å². The highest BCUT2D eigenvalue weighted by Gasteiger charge is 2.23. The van der Waals surface area contributed by atoms with Crippen molar-refractivity contribution in [2.45, 2.75) is 13.0 Å². The van der Waals surface area contributed by atoms with Crippen molar-refractivity contribution in [2.75, 3.05) is 38.4 Å². The molecule has 1 amide bonds. The molecule has 9 heteroatoms. The Balaban J connectivity index is 2.22. The number of nitrogens with zero attached hydrogens (tertiary/aromatic N) is 1. The molecule has 1 N–H and O–H groups in total. The third-order valence-electron chi connectivity index (χ3n) is 4.31. The quantitative estimate of drug-likeness (QED) is 0.667. The molecule has 0 aromatic heterocycles. The zero-order valence-corrected chi connectivity index (χ0v) is 17.9. The molecule has 0 unspecified atom stereocenters. The minimum absolute atomic E-state index is 0.341. The molecule has 0 bridgehead atoms. The Bertz CT molecular complexity index is 961. The number of carbonyl (C=O) groups is 1. The summed E-state index contributed by atoms with van der Waals surface area (Å²) in [4.78, 5) is 12.6. The van der Waals surface area contributed by atoms with E-state index >= 15 is 0 Å². The van der Waals surface area contributed by atoms with Gasteiger partial charge >= 0.3 is 0 Å². The largest absolute Gasteiger partial charge is 0.497 e. The lowest BCUT2D eigenvalue weighted by Gasteiger charge is -2.24. The Hall–Kier alpha value is -2.94. The van der Waals surface area contributed by atoms with Gasteiger partial charge in [0.25, 0.3) is 0 Å². The molecule has 0 heterocycles. The smallest absolute Gasteiger partial charge is 0.241 e. The van der Waals surface area contributed by atoms with Crippen molar-refractivity contribution in [3.05, 3.63) is 48.0 Å². The number of benzene rings is 2. The van der Waals surface area contributed by atoms with E-state index in [9.17, 15) is 13.2 Å². The van der Waals surface area contributed by atoms with Crippen LogP contribution in [-0.4, -0.2) is 48.5 Å². The fourth-order valence-electron chi connectivity index (χ4n) is 2.84. The van der Waals surface area contributed by atoms with Gasteiger partial charge in [-0.3, -0.25) is 9.10 Å². The van der Waals surface area contributed by atoms with Gasteiger partial charge in [-0.15, -0.1) is 0 Å². The van der Waals surface area contributed by atoms with Crippen LogP contribution in [0.15, 0.2) is 42.5 Å². The summed E-state index contributed by atoms with van der Waals surface area (Å²) < 4.78 is 41.3. The van der Waals surface area contributed by atoms with Crippen LogP contribution in [-0.2, 0) is 14.8 Å². The summed E-state index contributed by atoms with van der Waals surface area (Å²) in [5.74, 6) is 1.24. The molecule has 2 aromatic rings. The van der Waals surface area contributed by atoms with E-state index in [4.69, 9.17) is 14.2 Å². The summed E-state index contributed by atoms with van der Waals surface area (Å²) in [6.07, 6.45) is 1.05. The highest BCUT2D eigenvalue weighted by molar-refractivity contribution is 7.92. The first kappa shape index (κ1) is 22.4. The maximum Gasteiger partial charge on any atom is 0.241 e. The normalized spacial score (nSPS) is 12.0. The first-order chi connectivity index (χ1) is 13.7. The van der Waals surface area contributed by atoms with E-state index in [0.29, 0.717) is 28.5 Å². The number of nitrogens with one attached hydrogen (secondary N) is 1. The zero-order valence-electron chi connectivity index (χ0n) is 17.1. The Labute approximate surface area is 171 Å². The summed E-state index contributed by atoms with van der Waals surface area (Å²) in [6.45, 7) is 1.41. The third-order valence-corrected chi connectivity index (χ3v) is 5.45. The molecule has 0 aliphatic rings. The topological polar surface area (TPSA) is 94.2 Å². The van der Waals surface area contributed by atoms with E-state index in [1.165, 1.54) is 14.2 Å². The molecule has 158 valence electrons. The van der Waals surface area contributed by atoms with E-state index in [1.54, 1.807) is 56.5 Å². The molecular formula is C20H26N2O6S. The number of methoxy groups -OCH3 is 3. The summed E-state index contributed by atoms with van der Waals surface area (Å²) in [5.41, 5.74) is 1.06. The molecule has 8 nitrogen and oxygen atoms in total. The Morgan fingerprint density at radius 3 is 2.28 bits per heavy atom. The summed E-state index contributed by atoms with van der Waals surface area (Å²) >= 11 is 0. The van der Waals surface area contributed by atoms with Crippen LogP contribution < -0.4 is 23.8 Å². The van der Waals surface area contributed by atoms with Gasteiger partial charge in [-0.05, 0) is 37.3 Å². The van der Waals surface area contributed by atoms with Gasteiger partial charge in [0.2, 0.25) is 15.9 Å². The molecule has 0 fully saturated rings. The predicted molar refractivity (Wildman–Crippen MR) is 111 cm³/mol. The van der Waals surface area contributed by atoms with Crippen molar-refractivity contribution in [2.24, 2.45) is 0 Å². The lowest BCUT2D eigenvalue weighted by Crippen LogP contribution is -2.41. The first-order valence-corrected chi connectivity index (χ1v) is 10.7. The number of hydrogen-bond acceptors (Lipinski definition) is 6. The van der Waals surface area contributed by atoms with Crippen LogP contribution in [0, 0.1) is 0 Å². The molecule has 29 heavy (non-hydrogen) atoms. The van der Waals surface area contributed by atoms with Crippen LogP contribution in [0.25, 0.3) is 0 Å². The molecule has 2 aromatic carbocycles. The fourth-order valence-corrected chi connectivity index (χ4v) is 3.69. The van der Waals surface area contributed by atoms with Gasteiger partial charge < -0.3 is 19.5 Å². The molecule has 0 aliphatic carbocycles. The highest BCUT2D eigenvalue weighted by Crippen LogP contribution is 2.29. The molecular weight excluding hydrogens is 396 g/mol. The predicted octanol–water partition coefficient (Wildman–Crippen LogP) is 2.36. The molecule has 0 saturated heterocycles. The van der Waals surface area contributed by atoms with Crippen LogP contribution in [0.4, 0.5) is 5.69 Å². The second kappa shape index (κ2) is 9.51. The second-order valence-electron chi connectivity index (χ2n) is 6.37. The molecule has 0 aliphatic heterocycles. The van der Waals surface area contributed by atoms with Crippen LogP contribution in [0.3, 0.4) is 0 Å².